The quantitative estimate of drug-likeness (QED) is 0.392. The highest BCUT2D eigenvalue weighted by atomic mass is 15.0. The summed E-state index contributed by atoms with van der Waals surface area (Å²) in [6.45, 7) is 15.0. The highest BCUT2D eigenvalue weighted by Crippen LogP contribution is 2.51. The van der Waals surface area contributed by atoms with Crippen molar-refractivity contribution < 1.29 is 0 Å². The molecular weight excluding hydrogens is 362 g/mol. The molecule has 2 bridgehead atoms. The first kappa shape index (κ1) is 19.9. The number of allylic oxidation sites excluding steroid dienone is 2. The highest BCUT2D eigenvalue weighted by molar-refractivity contribution is 6.08. The van der Waals surface area contributed by atoms with Crippen LogP contribution in [0, 0.1) is 11.3 Å². The lowest BCUT2D eigenvalue weighted by Gasteiger charge is -2.24. The summed E-state index contributed by atoms with van der Waals surface area (Å²) < 4.78 is 2.61. The molecule has 2 aromatic carbocycles. The fraction of sp³-hybridized carbons (Fsp3) is 0.517. The van der Waals surface area contributed by atoms with E-state index in [2.05, 4.69) is 94.7 Å². The van der Waals surface area contributed by atoms with Gasteiger partial charge in [0.15, 0.2) is 0 Å². The number of benzene rings is 2. The molecule has 2 atom stereocenters. The fourth-order valence-corrected chi connectivity index (χ4v) is 5.78. The van der Waals surface area contributed by atoms with E-state index in [1.165, 1.54) is 58.6 Å². The number of hydrogen-bond donors (Lipinski definition) is 0. The van der Waals surface area contributed by atoms with Crippen LogP contribution < -0.4 is 0 Å². The molecule has 0 spiro atoms. The summed E-state index contributed by atoms with van der Waals surface area (Å²) in [6.07, 6.45) is 10.5. The molecule has 158 valence electrons. The average molecular weight is 400 g/mol. The largest absolute Gasteiger partial charge is 0.340 e. The summed E-state index contributed by atoms with van der Waals surface area (Å²) in [5.74, 6) is 0.854. The van der Waals surface area contributed by atoms with E-state index in [4.69, 9.17) is 0 Å². The Balaban J connectivity index is 1.65. The molecule has 0 saturated heterocycles. The number of fused-ring (bicyclic) bond motifs is 5. The Labute approximate surface area is 182 Å². The van der Waals surface area contributed by atoms with Crippen LogP contribution in [0.15, 0.2) is 48.6 Å². The van der Waals surface area contributed by atoms with Crippen LogP contribution in [0.2, 0.25) is 0 Å². The smallest absolute Gasteiger partial charge is 0.0491 e. The topological polar surface area (TPSA) is 4.93 Å². The number of aryl methyl sites for hydroxylation is 1. The normalized spacial score (nSPS) is 23.9. The van der Waals surface area contributed by atoms with E-state index in [-0.39, 0.29) is 10.8 Å². The molecular formula is C29H37N. The molecule has 1 saturated carbocycles. The first-order valence-electron chi connectivity index (χ1n) is 11.8. The van der Waals surface area contributed by atoms with Gasteiger partial charge >= 0.3 is 0 Å². The predicted molar refractivity (Wildman–Crippen MR) is 130 cm³/mol. The molecule has 0 unspecified atom stereocenters. The second kappa shape index (κ2) is 6.49. The summed E-state index contributed by atoms with van der Waals surface area (Å²) in [4.78, 5) is 0. The van der Waals surface area contributed by atoms with Crippen LogP contribution in [0.4, 0.5) is 0 Å². The molecule has 0 radical (unpaired) electrons. The van der Waals surface area contributed by atoms with Crippen molar-refractivity contribution in [1.82, 2.24) is 4.57 Å². The number of rotatable bonds is 3. The SMILES string of the molecule is CC(C)(C)c1ccc2c(c1)c1cc(C(C)(C)C)ccc1n2CC[C@]12C=C[C@@H](CC1)C2. The van der Waals surface area contributed by atoms with Gasteiger partial charge in [-0.05, 0) is 83.2 Å². The minimum Gasteiger partial charge on any atom is -0.340 e. The minimum absolute atomic E-state index is 0.163. The Morgan fingerprint density at radius 1 is 0.867 bits per heavy atom. The molecule has 0 amide bonds. The van der Waals surface area contributed by atoms with Gasteiger partial charge in [-0.25, -0.2) is 0 Å². The second-order valence-electron chi connectivity index (χ2n) is 12.1. The van der Waals surface area contributed by atoms with Gasteiger partial charge in [0.25, 0.3) is 0 Å². The minimum atomic E-state index is 0.163. The highest BCUT2D eigenvalue weighted by Gasteiger charge is 2.40. The number of aromatic nitrogens is 1. The van der Waals surface area contributed by atoms with Crippen molar-refractivity contribution in [2.24, 2.45) is 11.3 Å². The van der Waals surface area contributed by atoms with Crippen molar-refractivity contribution >= 4 is 21.8 Å². The van der Waals surface area contributed by atoms with Crippen LogP contribution in [0.1, 0.15) is 78.4 Å². The van der Waals surface area contributed by atoms with E-state index in [0.29, 0.717) is 5.41 Å². The monoisotopic (exact) mass is 399 g/mol. The zero-order chi connectivity index (χ0) is 21.3. The number of nitrogens with zero attached hydrogens (tertiary/aromatic N) is 1. The molecule has 1 aromatic heterocycles. The van der Waals surface area contributed by atoms with E-state index in [0.717, 1.165) is 12.5 Å². The first-order valence-corrected chi connectivity index (χ1v) is 11.8. The van der Waals surface area contributed by atoms with E-state index in [1.807, 2.05) is 0 Å². The lowest BCUT2D eigenvalue weighted by atomic mass is 9.84. The Morgan fingerprint density at radius 2 is 1.43 bits per heavy atom. The summed E-state index contributed by atoms with van der Waals surface area (Å²) in [6, 6.07) is 14.4. The predicted octanol–water partition coefficient (Wildman–Crippen LogP) is 8.14. The Hall–Kier alpha value is -2.02. The molecule has 2 aliphatic rings. The van der Waals surface area contributed by atoms with Crippen LogP contribution in [0.3, 0.4) is 0 Å². The van der Waals surface area contributed by atoms with Gasteiger partial charge in [-0.15, -0.1) is 0 Å². The van der Waals surface area contributed by atoms with E-state index >= 15 is 0 Å². The molecule has 1 heteroatoms. The second-order valence-corrected chi connectivity index (χ2v) is 12.1. The molecule has 0 aliphatic heterocycles. The van der Waals surface area contributed by atoms with Crippen molar-refractivity contribution in [2.45, 2.75) is 84.6 Å². The Morgan fingerprint density at radius 3 is 1.83 bits per heavy atom. The number of hydrogen-bond acceptors (Lipinski definition) is 0. The van der Waals surface area contributed by atoms with E-state index in [9.17, 15) is 0 Å². The molecule has 5 rings (SSSR count). The molecule has 1 heterocycles. The maximum absolute atomic E-state index is 2.61. The van der Waals surface area contributed by atoms with Crippen LogP contribution in [-0.2, 0) is 17.4 Å². The van der Waals surface area contributed by atoms with Crippen molar-refractivity contribution in [3.63, 3.8) is 0 Å². The first-order chi connectivity index (χ1) is 14.1. The third kappa shape index (κ3) is 3.22. The molecule has 2 aliphatic carbocycles. The zero-order valence-corrected chi connectivity index (χ0v) is 19.7. The van der Waals surface area contributed by atoms with Crippen molar-refractivity contribution in [3.05, 3.63) is 59.7 Å². The molecule has 1 fully saturated rings. The van der Waals surface area contributed by atoms with E-state index in [1.54, 1.807) is 0 Å². The molecule has 30 heavy (non-hydrogen) atoms. The summed E-state index contributed by atoms with van der Waals surface area (Å²) in [5, 5.41) is 2.85. The fourth-order valence-electron chi connectivity index (χ4n) is 5.78. The van der Waals surface area contributed by atoms with Gasteiger partial charge in [0.2, 0.25) is 0 Å². The van der Waals surface area contributed by atoms with E-state index < -0.39 is 0 Å². The standard InChI is InChI=1S/C29H37N/c1-27(2,3)21-7-9-25-23(17-21)24-18-22(28(4,5)6)8-10-26(24)30(25)16-15-29-13-11-20(19-29)12-14-29/h7-11,13,17-18,20H,12,14-16,19H2,1-6H3/t20-,29-/m0/s1. The Kier molecular flexibility index (Phi) is 4.31. The molecule has 3 aromatic rings. The van der Waals surface area contributed by atoms with Gasteiger partial charge in [0.05, 0.1) is 0 Å². The molecule has 0 N–H and O–H groups in total. The summed E-state index contributed by atoms with van der Waals surface area (Å²) >= 11 is 0. The van der Waals surface area contributed by atoms with Gasteiger partial charge < -0.3 is 4.57 Å². The average Bonchev–Trinajstić information content (AvgIpc) is 3.36. The van der Waals surface area contributed by atoms with Crippen LogP contribution in [0.25, 0.3) is 21.8 Å². The van der Waals surface area contributed by atoms with Crippen molar-refractivity contribution in [1.29, 1.82) is 0 Å². The zero-order valence-electron chi connectivity index (χ0n) is 19.7. The van der Waals surface area contributed by atoms with Gasteiger partial charge in [-0.3, -0.25) is 0 Å². The van der Waals surface area contributed by atoms with Gasteiger partial charge in [0.1, 0.15) is 0 Å². The summed E-state index contributed by atoms with van der Waals surface area (Å²) in [7, 11) is 0. The van der Waals surface area contributed by atoms with Crippen LogP contribution >= 0.6 is 0 Å². The van der Waals surface area contributed by atoms with Gasteiger partial charge in [-0.1, -0.05) is 65.8 Å². The van der Waals surface area contributed by atoms with Crippen LogP contribution in [-0.4, -0.2) is 4.57 Å². The Bertz CT molecular complexity index is 1070. The lowest BCUT2D eigenvalue weighted by Crippen LogP contribution is -2.15. The lowest BCUT2D eigenvalue weighted by molar-refractivity contribution is 0.349. The van der Waals surface area contributed by atoms with Crippen molar-refractivity contribution in [2.75, 3.05) is 0 Å². The molecule has 1 nitrogen and oxygen atoms in total. The van der Waals surface area contributed by atoms with Gasteiger partial charge in [-0.2, -0.15) is 0 Å². The maximum Gasteiger partial charge on any atom is 0.0491 e. The van der Waals surface area contributed by atoms with Crippen molar-refractivity contribution in [3.8, 4) is 0 Å². The maximum atomic E-state index is 2.61. The van der Waals surface area contributed by atoms with Crippen LogP contribution in [0.5, 0.6) is 0 Å². The third-order valence-corrected chi connectivity index (χ3v) is 7.83. The summed E-state index contributed by atoms with van der Waals surface area (Å²) in [5.41, 5.74) is 6.43. The van der Waals surface area contributed by atoms with Gasteiger partial charge in [0, 0.05) is 28.4 Å². The third-order valence-electron chi connectivity index (χ3n) is 7.83.